The van der Waals surface area contributed by atoms with E-state index < -0.39 is 0 Å². The minimum Gasteiger partial charge on any atom is -0.468 e. The molecular weight excluding hydrogens is 178 g/mol. The third-order valence-electron chi connectivity index (χ3n) is 1.43. The van der Waals surface area contributed by atoms with Crippen molar-refractivity contribution in [2.24, 2.45) is 11.7 Å². The van der Waals surface area contributed by atoms with E-state index in [1.54, 1.807) is 6.92 Å². The molecule has 1 aliphatic carbocycles. The summed E-state index contributed by atoms with van der Waals surface area (Å²) >= 11 is 0. The van der Waals surface area contributed by atoms with Crippen molar-refractivity contribution >= 4 is 18.9 Å². The van der Waals surface area contributed by atoms with Gasteiger partial charge in [-0.2, -0.15) is 0 Å². The van der Waals surface area contributed by atoms with Crippen molar-refractivity contribution in [2.75, 3.05) is 6.61 Å². The van der Waals surface area contributed by atoms with Crippen molar-refractivity contribution in [3.63, 3.8) is 0 Å². The number of carbonyl (C=O) groups is 1. The van der Waals surface area contributed by atoms with E-state index in [-0.39, 0.29) is 12.4 Å². The summed E-state index contributed by atoms with van der Waals surface area (Å²) in [6.45, 7) is 6.26. The second kappa shape index (κ2) is 8.56. The first kappa shape index (κ1) is 14.0. The number of rotatable bonds is 3. The molecule has 0 aromatic carbocycles. The van der Waals surface area contributed by atoms with Gasteiger partial charge in [0.2, 0.25) is 0 Å². The van der Waals surface area contributed by atoms with Crippen LogP contribution >= 0.6 is 12.4 Å². The van der Waals surface area contributed by atoms with E-state index in [0.29, 0.717) is 25.0 Å². The second-order valence-electron chi connectivity index (χ2n) is 2.35. The highest BCUT2D eigenvalue weighted by atomic mass is 35.5. The van der Waals surface area contributed by atoms with E-state index in [0.717, 1.165) is 6.42 Å². The Labute approximate surface area is 79.4 Å². The third kappa shape index (κ3) is 7.57. The Hall–Kier alpha value is -0.540. The summed E-state index contributed by atoms with van der Waals surface area (Å²) in [6.07, 6.45) is 3.08. The van der Waals surface area contributed by atoms with Crippen LogP contribution in [0.2, 0.25) is 0 Å². The minimum absolute atomic E-state index is 0. The predicted octanol–water partition coefficient (Wildman–Crippen LogP) is 1.12. The van der Waals surface area contributed by atoms with Gasteiger partial charge in [-0.05, 0) is 19.3 Å². The highest BCUT2D eigenvalue weighted by molar-refractivity contribution is 5.85. The van der Waals surface area contributed by atoms with Gasteiger partial charge in [-0.3, -0.25) is 4.79 Å². The van der Waals surface area contributed by atoms with Crippen molar-refractivity contribution < 1.29 is 9.53 Å². The van der Waals surface area contributed by atoms with Crippen molar-refractivity contribution in [3.8, 4) is 0 Å². The summed E-state index contributed by atoms with van der Waals surface area (Å²) in [4.78, 5) is 9.18. The molecule has 0 bridgehead atoms. The largest absolute Gasteiger partial charge is 0.468 e. The number of halogens is 1. The molecule has 0 spiro atoms. The SMILES string of the molecule is C=C[C@@H]1C[C@H]1N.CCOC=O.Cl. The van der Waals surface area contributed by atoms with E-state index in [9.17, 15) is 4.79 Å². The lowest BCUT2D eigenvalue weighted by atomic mass is 10.4. The fourth-order valence-corrected chi connectivity index (χ4v) is 0.575. The lowest BCUT2D eigenvalue weighted by molar-refractivity contribution is -0.128. The van der Waals surface area contributed by atoms with Gasteiger partial charge < -0.3 is 10.5 Å². The molecule has 1 rings (SSSR count). The van der Waals surface area contributed by atoms with E-state index in [1.165, 1.54) is 0 Å². The molecule has 0 radical (unpaired) electrons. The molecule has 0 saturated heterocycles. The first-order valence-electron chi connectivity index (χ1n) is 3.69. The average molecular weight is 194 g/mol. The molecule has 2 atom stereocenters. The first-order valence-corrected chi connectivity index (χ1v) is 3.69. The molecule has 2 N–H and O–H groups in total. The Balaban J connectivity index is 0. The molecule has 0 heterocycles. The van der Waals surface area contributed by atoms with Crippen LogP contribution in [0.25, 0.3) is 0 Å². The lowest BCUT2D eigenvalue weighted by Gasteiger charge is -1.79. The molecule has 0 aromatic heterocycles. The van der Waals surface area contributed by atoms with Crippen LogP contribution < -0.4 is 5.73 Å². The van der Waals surface area contributed by atoms with Crippen molar-refractivity contribution in [1.82, 2.24) is 0 Å². The normalized spacial score (nSPS) is 23.8. The molecule has 0 aliphatic heterocycles. The van der Waals surface area contributed by atoms with Crippen LogP contribution in [0.3, 0.4) is 0 Å². The predicted molar refractivity (Wildman–Crippen MR) is 51.2 cm³/mol. The maximum absolute atomic E-state index is 9.18. The summed E-state index contributed by atoms with van der Waals surface area (Å²) in [5.41, 5.74) is 5.41. The van der Waals surface area contributed by atoms with Crippen LogP contribution in [-0.4, -0.2) is 19.1 Å². The number of carbonyl (C=O) groups excluding carboxylic acids is 1. The molecule has 0 aromatic rings. The van der Waals surface area contributed by atoms with Crippen LogP contribution in [-0.2, 0) is 9.53 Å². The number of nitrogens with two attached hydrogens (primary N) is 1. The van der Waals surface area contributed by atoms with Gasteiger partial charge in [0.25, 0.3) is 6.47 Å². The molecule has 12 heavy (non-hydrogen) atoms. The Morgan fingerprint density at radius 2 is 2.25 bits per heavy atom. The van der Waals surface area contributed by atoms with Crippen LogP contribution in [0.4, 0.5) is 0 Å². The van der Waals surface area contributed by atoms with Gasteiger partial charge in [-0.25, -0.2) is 0 Å². The van der Waals surface area contributed by atoms with Crippen molar-refractivity contribution in [2.45, 2.75) is 19.4 Å². The van der Waals surface area contributed by atoms with Gasteiger partial charge in [0, 0.05) is 6.04 Å². The summed E-state index contributed by atoms with van der Waals surface area (Å²) in [7, 11) is 0. The lowest BCUT2D eigenvalue weighted by Crippen LogP contribution is -1.99. The van der Waals surface area contributed by atoms with Crippen LogP contribution in [0, 0.1) is 5.92 Å². The molecule has 1 aliphatic rings. The highest BCUT2D eigenvalue weighted by Crippen LogP contribution is 2.27. The Morgan fingerprint density at radius 3 is 2.25 bits per heavy atom. The van der Waals surface area contributed by atoms with Gasteiger partial charge in [-0.15, -0.1) is 19.0 Å². The molecule has 1 fully saturated rings. The maximum atomic E-state index is 9.18. The molecule has 1 saturated carbocycles. The monoisotopic (exact) mass is 193 g/mol. The summed E-state index contributed by atoms with van der Waals surface area (Å²) in [5.74, 6) is 0.644. The van der Waals surface area contributed by atoms with E-state index in [4.69, 9.17) is 5.73 Å². The maximum Gasteiger partial charge on any atom is 0.293 e. The average Bonchev–Trinajstić information content (AvgIpc) is 2.69. The third-order valence-corrected chi connectivity index (χ3v) is 1.43. The van der Waals surface area contributed by atoms with Gasteiger partial charge in [0.1, 0.15) is 0 Å². The van der Waals surface area contributed by atoms with Crippen LogP contribution in [0.1, 0.15) is 13.3 Å². The fourth-order valence-electron chi connectivity index (χ4n) is 0.575. The standard InChI is InChI=1S/C5H9N.C3H6O2.ClH/c1-2-4-3-5(4)6;1-2-5-3-4;/h2,4-5H,1,3,6H2;3H,2H2,1H3;1H/t4-,5-;;/m1../s1. The minimum atomic E-state index is 0. The van der Waals surface area contributed by atoms with E-state index >= 15 is 0 Å². The molecular formula is C8H16ClNO2. The number of hydrogen-bond donors (Lipinski definition) is 1. The Morgan fingerprint density at radius 1 is 1.75 bits per heavy atom. The van der Waals surface area contributed by atoms with Gasteiger partial charge in [0.05, 0.1) is 6.61 Å². The van der Waals surface area contributed by atoms with Crippen LogP contribution in [0.15, 0.2) is 12.7 Å². The summed E-state index contributed by atoms with van der Waals surface area (Å²) in [6, 6.07) is 0.447. The zero-order valence-electron chi connectivity index (χ0n) is 7.23. The number of ether oxygens (including phenoxy) is 1. The second-order valence-corrected chi connectivity index (χ2v) is 2.35. The Bertz CT molecular complexity index is 130. The quantitative estimate of drug-likeness (QED) is 0.540. The zero-order valence-corrected chi connectivity index (χ0v) is 8.05. The molecule has 4 heteroatoms. The van der Waals surface area contributed by atoms with Gasteiger partial charge in [0.15, 0.2) is 0 Å². The molecule has 72 valence electrons. The van der Waals surface area contributed by atoms with E-state index in [1.807, 2.05) is 6.08 Å². The van der Waals surface area contributed by atoms with Gasteiger partial charge in [-0.1, -0.05) is 6.08 Å². The highest BCUT2D eigenvalue weighted by Gasteiger charge is 2.29. The molecule has 3 nitrogen and oxygen atoms in total. The molecule has 0 unspecified atom stereocenters. The van der Waals surface area contributed by atoms with Crippen molar-refractivity contribution in [3.05, 3.63) is 12.7 Å². The van der Waals surface area contributed by atoms with Crippen molar-refractivity contribution in [1.29, 1.82) is 0 Å². The summed E-state index contributed by atoms with van der Waals surface area (Å²) in [5, 5.41) is 0. The van der Waals surface area contributed by atoms with Crippen LogP contribution in [0.5, 0.6) is 0 Å². The topological polar surface area (TPSA) is 52.3 Å². The zero-order chi connectivity index (χ0) is 8.69. The number of hydrogen-bond acceptors (Lipinski definition) is 3. The summed E-state index contributed by atoms with van der Waals surface area (Å²) < 4.78 is 4.15. The molecule has 0 amide bonds. The first-order chi connectivity index (χ1) is 5.26. The fraction of sp³-hybridized carbons (Fsp3) is 0.625. The smallest absolute Gasteiger partial charge is 0.293 e. The Kier molecular flexibility index (Phi) is 9.99. The van der Waals surface area contributed by atoms with Gasteiger partial charge >= 0.3 is 0 Å². The van der Waals surface area contributed by atoms with E-state index in [2.05, 4.69) is 11.3 Å².